The molecule has 5 heterocycles. The van der Waals surface area contributed by atoms with Gasteiger partial charge in [0, 0.05) is 37.9 Å². The normalized spacial score (nSPS) is 44.4. The minimum absolute atomic E-state index is 0.173. The van der Waals surface area contributed by atoms with Crippen LogP contribution in [0.15, 0.2) is 21.9 Å². The summed E-state index contributed by atoms with van der Waals surface area (Å²) in [7, 11) is -5.38. The van der Waals surface area contributed by atoms with E-state index in [-0.39, 0.29) is 13.1 Å². The lowest BCUT2D eigenvalue weighted by molar-refractivity contribution is -0.236. The number of aliphatic hydroxyl groups excluding tert-OH is 5. The number of hydrogen-bond acceptors (Lipinski definition) is 16. The van der Waals surface area contributed by atoms with Crippen LogP contribution in [0.3, 0.4) is 0 Å². The minimum atomic E-state index is -5.38. The minimum Gasteiger partial charge on any atom is -0.480 e. The van der Waals surface area contributed by atoms with Crippen LogP contribution in [0.25, 0.3) is 0 Å². The number of rotatable bonds is 5. The van der Waals surface area contributed by atoms with Crippen LogP contribution in [0.2, 0.25) is 0 Å². The van der Waals surface area contributed by atoms with Crippen molar-refractivity contribution in [3.63, 3.8) is 0 Å². The van der Waals surface area contributed by atoms with E-state index < -0.39 is 114 Å². The van der Waals surface area contributed by atoms with Gasteiger partial charge in [0.15, 0.2) is 12.5 Å². The Bertz CT molecular complexity index is 1390. The number of hydrogen-bond donors (Lipinski definition) is 9. The van der Waals surface area contributed by atoms with Crippen LogP contribution in [0, 0.1) is 0 Å². The second-order valence-electron chi connectivity index (χ2n) is 10.4. The van der Waals surface area contributed by atoms with E-state index in [4.69, 9.17) is 14.2 Å². The van der Waals surface area contributed by atoms with Gasteiger partial charge in [-0.1, -0.05) is 0 Å². The molecule has 0 aliphatic carbocycles. The van der Waals surface area contributed by atoms with E-state index >= 15 is 0 Å². The number of piperidine rings is 1. The Morgan fingerprint density at radius 3 is 2.33 bits per heavy atom. The van der Waals surface area contributed by atoms with Crippen molar-refractivity contribution in [3.05, 3.63) is 33.1 Å². The van der Waals surface area contributed by atoms with Crippen molar-refractivity contribution in [1.29, 1.82) is 0 Å². The number of ether oxygens (including phenoxy) is 3. The number of carbonyl (C=O) groups is 1. The number of carboxylic acid groups (broad SMARTS) is 1. The van der Waals surface area contributed by atoms with Crippen molar-refractivity contribution in [1.82, 2.24) is 19.8 Å². The van der Waals surface area contributed by atoms with Gasteiger partial charge < -0.3 is 50.2 Å². The molecule has 21 heteroatoms. The number of nitrogens with zero attached hydrogens (tertiary/aromatic N) is 2. The van der Waals surface area contributed by atoms with Gasteiger partial charge in [0.05, 0.1) is 12.2 Å². The maximum Gasteiger partial charge on any atom is 0.397 e. The Morgan fingerprint density at radius 2 is 1.69 bits per heavy atom. The molecule has 42 heavy (non-hydrogen) atoms. The highest BCUT2D eigenvalue weighted by Gasteiger charge is 2.58. The van der Waals surface area contributed by atoms with Crippen LogP contribution in [0.4, 0.5) is 0 Å². The first-order valence-electron chi connectivity index (χ1n) is 12.7. The largest absolute Gasteiger partial charge is 0.480 e. The van der Waals surface area contributed by atoms with E-state index in [1.807, 2.05) is 4.98 Å². The number of aliphatic hydroxyl groups is 5. The Morgan fingerprint density at radius 1 is 0.976 bits per heavy atom. The van der Waals surface area contributed by atoms with Gasteiger partial charge in [-0.25, -0.2) is 8.98 Å². The molecule has 0 radical (unpaired) electrons. The average molecular weight is 627 g/mol. The topological polar surface area (TPSA) is 300 Å². The van der Waals surface area contributed by atoms with E-state index in [2.05, 4.69) is 9.50 Å². The van der Waals surface area contributed by atoms with Gasteiger partial charge in [-0.15, -0.1) is 0 Å². The number of carboxylic acids is 1. The molecule has 4 saturated heterocycles. The Labute approximate surface area is 235 Å². The van der Waals surface area contributed by atoms with Crippen LogP contribution >= 0.6 is 0 Å². The van der Waals surface area contributed by atoms with E-state index in [0.29, 0.717) is 4.57 Å². The first-order valence-corrected chi connectivity index (χ1v) is 14.1. The molecule has 4 aliphatic rings. The van der Waals surface area contributed by atoms with Crippen LogP contribution in [0.5, 0.6) is 0 Å². The van der Waals surface area contributed by atoms with E-state index in [0.717, 1.165) is 17.2 Å². The van der Waals surface area contributed by atoms with Crippen LogP contribution in [-0.4, -0.2) is 157 Å². The summed E-state index contributed by atoms with van der Waals surface area (Å²) in [6.07, 6.45) is -18.3. The Balaban J connectivity index is 1.62. The molecule has 0 amide bonds. The predicted molar refractivity (Wildman–Crippen MR) is 130 cm³/mol. The summed E-state index contributed by atoms with van der Waals surface area (Å²) in [5, 5.41) is 66.5. The van der Waals surface area contributed by atoms with Crippen LogP contribution < -0.4 is 16.6 Å². The number of nitrogens with one attached hydrogen (secondary N) is 2. The second kappa shape index (κ2) is 11.6. The zero-order valence-corrected chi connectivity index (χ0v) is 22.2. The zero-order chi connectivity index (χ0) is 30.7. The lowest BCUT2D eigenvalue weighted by Gasteiger charge is -2.45. The molecular weight excluding hydrogens is 596 g/mol. The summed E-state index contributed by atoms with van der Waals surface area (Å²) >= 11 is 0. The molecule has 0 aromatic carbocycles. The number of H-pyrrole nitrogens is 1. The molecule has 1 aromatic heterocycles. The molecule has 4 aliphatic heterocycles. The molecule has 5 rings (SSSR count). The van der Waals surface area contributed by atoms with E-state index in [1.165, 1.54) is 0 Å². The molecule has 3 unspecified atom stereocenters. The van der Waals surface area contributed by atoms with Gasteiger partial charge in [-0.05, 0) is 0 Å². The second-order valence-corrected chi connectivity index (χ2v) is 11.5. The molecule has 0 saturated carbocycles. The smallest absolute Gasteiger partial charge is 0.397 e. The Kier molecular flexibility index (Phi) is 8.58. The molecule has 4 fully saturated rings. The van der Waals surface area contributed by atoms with Crippen LogP contribution in [-0.2, 0) is 33.6 Å². The third-order valence-electron chi connectivity index (χ3n) is 7.74. The summed E-state index contributed by atoms with van der Waals surface area (Å²) in [4.78, 5) is 39.9. The molecule has 4 bridgehead atoms. The monoisotopic (exact) mass is 626 g/mol. The van der Waals surface area contributed by atoms with Crippen molar-refractivity contribution in [3.8, 4) is 0 Å². The molecule has 0 spiro atoms. The van der Waals surface area contributed by atoms with Gasteiger partial charge in [-0.3, -0.25) is 28.6 Å². The number of fused-ring (bicyclic) bond motifs is 4. The maximum absolute atomic E-state index is 12.8. The highest BCUT2D eigenvalue weighted by atomic mass is 32.3. The lowest BCUT2D eigenvalue weighted by atomic mass is 9.92. The van der Waals surface area contributed by atoms with E-state index in [9.17, 15) is 58.0 Å². The quantitative estimate of drug-likeness (QED) is 0.137. The molecule has 1 aromatic rings. The average Bonchev–Trinajstić information content (AvgIpc) is 3.33. The number of aromatic amines is 1. The summed E-state index contributed by atoms with van der Waals surface area (Å²) in [5.41, 5.74) is -1.93. The molecule has 9 N–H and O–H groups in total. The highest BCUT2D eigenvalue weighted by Crippen LogP contribution is 2.38. The molecule has 236 valence electrons. The number of aliphatic carboxylic acids is 1. The molecule has 20 nitrogen and oxygen atoms in total. The molecular formula is C21H30N4O16S. The van der Waals surface area contributed by atoms with Gasteiger partial charge in [0.2, 0.25) is 0 Å². The first kappa shape index (κ1) is 31.1. The van der Waals surface area contributed by atoms with Crippen molar-refractivity contribution in [2.75, 3.05) is 19.6 Å². The first-order chi connectivity index (χ1) is 19.7. The SMILES string of the molecule is O=C(O)[C@@H]1[C@@H](C2O[C@@H](n3ccc(=O)[nH]c3=O)[C@H](O)[C@@H]2OS(=O)(=O)O)O[C@@H]2O[C@H](CNC3CN1C[C@@H](O)[C@H]3O)[C@@H](O)[C@H]2O. The third kappa shape index (κ3) is 5.88. The van der Waals surface area contributed by atoms with Gasteiger partial charge in [0.25, 0.3) is 5.56 Å². The van der Waals surface area contributed by atoms with Crippen molar-refractivity contribution < 1.29 is 66.8 Å². The van der Waals surface area contributed by atoms with Crippen LogP contribution in [0.1, 0.15) is 6.23 Å². The standard InChI is InChI=1S/C21H30N4O16S/c26-7-5-24-4-6(11(7)28)22-3-8-12(29)13(30)20(38-8)40-15(10(24)19(32)33)17-16(41-42(35,36)37)14(31)18(39-17)25-2-1-9(27)23-21(25)34/h1-2,6-8,10-18,20,22,26,28-31H,3-5H2,(H,32,33)(H,23,27,34)(H,35,36,37)/t6?,7-,8-,10+,11+,12-,13-,14-,15+,16+,17?,18-,20+/m1/s1. The van der Waals surface area contributed by atoms with Gasteiger partial charge in [0.1, 0.15) is 48.8 Å². The third-order valence-corrected chi connectivity index (χ3v) is 8.20. The lowest BCUT2D eigenvalue weighted by Crippen LogP contribution is -2.67. The van der Waals surface area contributed by atoms with Crippen molar-refractivity contribution in [2.24, 2.45) is 0 Å². The fourth-order valence-electron chi connectivity index (χ4n) is 5.77. The van der Waals surface area contributed by atoms with Crippen molar-refractivity contribution in [2.45, 2.75) is 79.5 Å². The predicted octanol–water partition coefficient (Wildman–Crippen LogP) is -6.72. The fraction of sp³-hybridized carbons (Fsp3) is 0.762. The summed E-state index contributed by atoms with van der Waals surface area (Å²) in [5.74, 6) is -1.64. The summed E-state index contributed by atoms with van der Waals surface area (Å²) in [6, 6.07) is -2.02. The maximum atomic E-state index is 12.8. The zero-order valence-electron chi connectivity index (χ0n) is 21.4. The van der Waals surface area contributed by atoms with Gasteiger partial charge in [-0.2, -0.15) is 8.42 Å². The summed E-state index contributed by atoms with van der Waals surface area (Å²) in [6.45, 7) is -0.863. The van der Waals surface area contributed by atoms with E-state index in [1.54, 1.807) is 0 Å². The molecule has 14 atom stereocenters. The fourth-order valence-corrected chi connectivity index (χ4v) is 6.27. The number of aromatic nitrogens is 2. The van der Waals surface area contributed by atoms with Gasteiger partial charge >= 0.3 is 22.1 Å². The highest BCUT2D eigenvalue weighted by molar-refractivity contribution is 7.80. The summed E-state index contributed by atoms with van der Waals surface area (Å²) < 4.78 is 55.5. The van der Waals surface area contributed by atoms with Crippen molar-refractivity contribution >= 4 is 16.4 Å². The Hall–Kier alpha value is -2.38.